The average molecular weight is 245 g/mol. The van der Waals surface area contributed by atoms with Crippen LogP contribution >= 0.6 is 11.6 Å². The van der Waals surface area contributed by atoms with Crippen LogP contribution in [0, 0.1) is 0 Å². The first-order chi connectivity index (χ1) is 8.18. The summed E-state index contributed by atoms with van der Waals surface area (Å²) >= 11 is 6.05. The van der Waals surface area contributed by atoms with Crippen molar-refractivity contribution in [3.63, 3.8) is 0 Å². The zero-order valence-electron chi connectivity index (χ0n) is 9.52. The molecule has 2 aromatic carbocycles. The summed E-state index contributed by atoms with van der Waals surface area (Å²) in [7, 11) is 0. The SMILES string of the molecule is CC(O)C1c2ccccc2-c2cc(Cl)ccc21. The third-order valence-electron chi connectivity index (χ3n) is 3.42. The highest BCUT2D eigenvalue weighted by atomic mass is 35.5. The Labute approximate surface area is 106 Å². The summed E-state index contributed by atoms with van der Waals surface area (Å²) in [6, 6.07) is 14.1. The van der Waals surface area contributed by atoms with Crippen LogP contribution in [0.1, 0.15) is 24.0 Å². The second-order valence-electron chi connectivity index (χ2n) is 4.54. The molecule has 0 fully saturated rings. The normalized spacial score (nSPS) is 18.6. The van der Waals surface area contributed by atoms with Gasteiger partial charge in [-0.25, -0.2) is 0 Å². The number of benzene rings is 2. The molecule has 0 spiro atoms. The summed E-state index contributed by atoms with van der Waals surface area (Å²) < 4.78 is 0. The Morgan fingerprint density at radius 1 is 1.06 bits per heavy atom. The molecule has 0 aromatic heterocycles. The molecule has 2 atom stereocenters. The predicted molar refractivity (Wildman–Crippen MR) is 70.4 cm³/mol. The fraction of sp³-hybridized carbons (Fsp3) is 0.200. The van der Waals surface area contributed by atoms with Crippen molar-refractivity contribution < 1.29 is 5.11 Å². The van der Waals surface area contributed by atoms with Gasteiger partial charge in [-0.05, 0) is 41.3 Å². The molecule has 0 saturated heterocycles. The molecule has 3 rings (SSSR count). The Balaban J connectivity index is 2.30. The zero-order valence-corrected chi connectivity index (χ0v) is 10.3. The molecule has 2 aromatic rings. The number of halogens is 1. The monoisotopic (exact) mass is 244 g/mol. The number of rotatable bonds is 1. The van der Waals surface area contributed by atoms with Crippen LogP contribution < -0.4 is 0 Å². The molecule has 1 aliphatic carbocycles. The quantitative estimate of drug-likeness (QED) is 0.808. The fourth-order valence-electron chi connectivity index (χ4n) is 2.73. The van der Waals surface area contributed by atoms with Gasteiger partial charge in [0, 0.05) is 10.9 Å². The molecule has 0 aliphatic heterocycles. The standard InChI is InChI=1S/C15H13ClO/c1-9(17)15-12-5-3-2-4-11(12)14-8-10(16)6-7-13(14)15/h2-9,15,17H,1H3. The van der Waals surface area contributed by atoms with Crippen molar-refractivity contribution >= 4 is 11.6 Å². The van der Waals surface area contributed by atoms with Crippen molar-refractivity contribution in [3.8, 4) is 11.1 Å². The second kappa shape index (κ2) is 3.86. The van der Waals surface area contributed by atoms with Gasteiger partial charge in [-0.2, -0.15) is 0 Å². The molecule has 1 aliphatic rings. The highest BCUT2D eigenvalue weighted by molar-refractivity contribution is 6.31. The summed E-state index contributed by atoms with van der Waals surface area (Å²) in [4.78, 5) is 0. The van der Waals surface area contributed by atoms with Gasteiger partial charge in [-0.15, -0.1) is 0 Å². The van der Waals surface area contributed by atoms with Crippen molar-refractivity contribution in [2.75, 3.05) is 0 Å². The minimum Gasteiger partial charge on any atom is -0.392 e. The van der Waals surface area contributed by atoms with Gasteiger partial charge in [-0.1, -0.05) is 41.9 Å². The number of aliphatic hydroxyl groups excluding tert-OH is 1. The lowest BCUT2D eigenvalue weighted by Crippen LogP contribution is -2.13. The molecule has 0 saturated carbocycles. The van der Waals surface area contributed by atoms with Crippen LogP contribution in [0.25, 0.3) is 11.1 Å². The summed E-state index contributed by atoms with van der Waals surface area (Å²) in [6.45, 7) is 1.84. The first-order valence-electron chi connectivity index (χ1n) is 5.75. The van der Waals surface area contributed by atoms with Gasteiger partial charge in [0.25, 0.3) is 0 Å². The van der Waals surface area contributed by atoms with E-state index < -0.39 is 6.10 Å². The van der Waals surface area contributed by atoms with Crippen LogP contribution in [-0.4, -0.2) is 11.2 Å². The summed E-state index contributed by atoms with van der Waals surface area (Å²) in [5, 5.41) is 10.7. The summed E-state index contributed by atoms with van der Waals surface area (Å²) in [5.74, 6) is 0.0680. The van der Waals surface area contributed by atoms with Gasteiger partial charge in [0.05, 0.1) is 6.10 Å². The van der Waals surface area contributed by atoms with E-state index in [0.717, 1.165) is 10.6 Å². The van der Waals surface area contributed by atoms with Crippen LogP contribution in [-0.2, 0) is 0 Å². The van der Waals surface area contributed by atoms with E-state index in [2.05, 4.69) is 12.1 Å². The second-order valence-corrected chi connectivity index (χ2v) is 4.97. The third-order valence-corrected chi connectivity index (χ3v) is 3.65. The van der Waals surface area contributed by atoms with E-state index in [9.17, 15) is 5.11 Å². The third kappa shape index (κ3) is 1.58. The van der Waals surface area contributed by atoms with Crippen molar-refractivity contribution in [1.82, 2.24) is 0 Å². The Hall–Kier alpha value is -1.31. The number of hydrogen-bond acceptors (Lipinski definition) is 1. The Bertz CT molecular complexity index is 575. The van der Waals surface area contributed by atoms with E-state index in [4.69, 9.17) is 11.6 Å². The maximum Gasteiger partial charge on any atom is 0.0621 e. The van der Waals surface area contributed by atoms with E-state index >= 15 is 0 Å². The van der Waals surface area contributed by atoms with Gasteiger partial charge in [0.1, 0.15) is 0 Å². The lowest BCUT2D eigenvalue weighted by molar-refractivity contribution is 0.178. The van der Waals surface area contributed by atoms with E-state index in [1.165, 1.54) is 16.7 Å². The van der Waals surface area contributed by atoms with Crippen LogP contribution in [0.3, 0.4) is 0 Å². The van der Waals surface area contributed by atoms with Crippen molar-refractivity contribution in [2.45, 2.75) is 18.9 Å². The Kier molecular flexibility index (Phi) is 2.46. The Morgan fingerprint density at radius 2 is 1.76 bits per heavy atom. The number of fused-ring (bicyclic) bond motifs is 3. The van der Waals surface area contributed by atoms with E-state index in [-0.39, 0.29) is 5.92 Å². The van der Waals surface area contributed by atoms with E-state index in [1.807, 2.05) is 37.3 Å². The molecule has 2 heteroatoms. The molecule has 1 N–H and O–H groups in total. The van der Waals surface area contributed by atoms with E-state index in [1.54, 1.807) is 0 Å². The Morgan fingerprint density at radius 3 is 2.53 bits per heavy atom. The average Bonchev–Trinajstić information content (AvgIpc) is 2.63. The summed E-state index contributed by atoms with van der Waals surface area (Å²) in [6.07, 6.45) is -0.390. The van der Waals surface area contributed by atoms with Gasteiger partial charge in [0.2, 0.25) is 0 Å². The molecule has 0 heterocycles. The lowest BCUT2D eigenvalue weighted by Gasteiger charge is -2.16. The highest BCUT2D eigenvalue weighted by Crippen LogP contribution is 2.46. The molecular formula is C15H13ClO. The van der Waals surface area contributed by atoms with Crippen molar-refractivity contribution in [2.24, 2.45) is 0 Å². The largest absolute Gasteiger partial charge is 0.392 e. The minimum absolute atomic E-state index is 0.0680. The maximum absolute atomic E-state index is 9.98. The van der Waals surface area contributed by atoms with Gasteiger partial charge in [-0.3, -0.25) is 0 Å². The molecular weight excluding hydrogens is 232 g/mol. The van der Waals surface area contributed by atoms with Crippen LogP contribution in [0.15, 0.2) is 42.5 Å². The maximum atomic E-state index is 9.98. The zero-order chi connectivity index (χ0) is 12.0. The van der Waals surface area contributed by atoms with E-state index in [0.29, 0.717) is 0 Å². The first kappa shape index (κ1) is 10.8. The van der Waals surface area contributed by atoms with Gasteiger partial charge in [0.15, 0.2) is 0 Å². The number of aliphatic hydroxyl groups is 1. The minimum atomic E-state index is -0.390. The molecule has 0 amide bonds. The van der Waals surface area contributed by atoms with Crippen LogP contribution in [0.4, 0.5) is 0 Å². The lowest BCUT2D eigenvalue weighted by atomic mass is 9.92. The summed E-state index contributed by atoms with van der Waals surface area (Å²) in [5.41, 5.74) is 4.71. The van der Waals surface area contributed by atoms with Crippen LogP contribution in [0.2, 0.25) is 5.02 Å². The molecule has 17 heavy (non-hydrogen) atoms. The van der Waals surface area contributed by atoms with Crippen molar-refractivity contribution in [3.05, 3.63) is 58.6 Å². The molecule has 0 radical (unpaired) electrons. The highest BCUT2D eigenvalue weighted by Gasteiger charge is 2.31. The van der Waals surface area contributed by atoms with Crippen LogP contribution in [0.5, 0.6) is 0 Å². The predicted octanol–water partition coefficient (Wildman–Crippen LogP) is 3.83. The van der Waals surface area contributed by atoms with Gasteiger partial charge >= 0.3 is 0 Å². The number of hydrogen-bond donors (Lipinski definition) is 1. The topological polar surface area (TPSA) is 20.2 Å². The molecule has 0 bridgehead atoms. The smallest absolute Gasteiger partial charge is 0.0621 e. The molecule has 86 valence electrons. The molecule has 1 nitrogen and oxygen atoms in total. The molecule has 2 unspecified atom stereocenters. The first-order valence-corrected chi connectivity index (χ1v) is 6.13. The van der Waals surface area contributed by atoms with Gasteiger partial charge < -0.3 is 5.11 Å². The fourth-order valence-corrected chi connectivity index (χ4v) is 2.91. The van der Waals surface area contributed by atoms with Crippen molar-refractivity contribution in [1.29, 1.82) is 0 Å².